The molecule has 1 aromatic carbocycles. The number of halogens is 1. The topological polar surface area (TPSA) is 159 Å². The summed E-state index contributed by atoms with van der Waals surface area (Å²) in [6, 6.07) is 9.94. The second kappa shape index (κ2) is 11.0. The smallest absolute Gasteiger partial charge is 0.226 e. The zero-order valence-electron chi connectivity index (χ0n) is 23.5. The lowest BCUT2D eigenvalue weighted by atomic mass is 10.0. The summed E-state index contributed by atoms with van der Waals surface area (Å²) in [5.41, 5.74) is 5.93. The lowest BCUT2D eigenvalue weighted by Gasteiger charge is -2.08. The molecule has 0 radical (unpaired) electrons. The van der Waals surface area contributed by atoms with E-state index >= 15 is 0 Å². The van der Waals surface area contributed by atoms with Crippen LogP contribution in [0.5, 0.6) is 0 Å². The van der Waals surface area contributed by atoms with Crippen molar-refractivity contribution in [1.82, 2.24) is 35.1 Å². The summed E-state index contributed by atoms with van der Waals surface area (Å²) >= 11 is 0. The number of nitrogens with zero attached hydrogens (tertiary/aromatic N) is 5. The number of carbonyl (C=O) groups is 1. The summed E-state index contributed by atoms with van der Waals surface area (Å²) in [5.74, 6) is -0.380. The normalized spacial score (nSPS) is 11.9. The number of amides is 1. The monoisotopic (exact) mass is 598 g/mol. The van der Waals surface area contributed by atoms with Crippen molar-refractivity contribution >= 4 is 43.5 Å². The van der Waals surface area contributed by atoms with Gasteiger partial charge in [-0.05, 0) is 47.9 Å². The van der Waals surface area contributed by atoms with E-state index in [2.05, 4.69) is 40.4 Å². The summed E-state index contributed by atoms with van der Waals surface area (Å²) in [5, 5.41) is 11.1. The van der Waals surface area contributed by atoms with Gasteiger partial charge in [-0.3, -0.25) is 19.9 Å². The number of rotatable bonds is 8. The minimum absolute atomic E-state index is 0.0775. The number of hydrogen-bond donors (Lipinski definition) is 3. The van der Waals surface area contributed by atoms with E-state index < -0.39 is 15.7 Å². The van der Waals surface area contributed by atoms with Gasteiger partial charge in [0.1, 0.15) is 21.3 Å². The van der Waals surface area contributed by atoms with E-state index in [0.29, 0.717) is 61.8 Å². The third kappa shape index (κ3) is 5.97. The Morgan fingerprint density at radius 1 is 1.05 bits per heavy atom. The van der Waals surface area contributed by atoms with Crippen LogP contribution in [0.4, 0.5) is 10.1 Å². The van der Waals surface area contributed by atoms with Gasteiger partial charge < -0.3 is 10.3 Å². The number of aromatic nitrogens is 7. The van der Waals surface area contributed by atoms with Gasteiger partial charge in [-0.25, -0.2) is 22.8 Å². The molecule has 11 nitrogen and oxygen atoms in total. The number of imidazole rings is 1. The number of nitrogens with one attached hydrogen (secondary N) is 3. The number of pyridine rings is 3. The van der Waals surface area contributed by atoms with E-state index in [1.807, 2.05) is 26.0 Å². The quantitative estimate of drug-likeness (QED) is 0.222. The minimum Gasteiger partial charge on any atom is -0.335 e. The number of sulfone groups is 1. The summed E-state index contributed by atoms with van der Waals surface area (Å²) < 4.78 is 37.9. The van der Waals surface area contributed by atoms with E-state index in [0.717, 1.165) is 11.6 Å². The van der Waals surface area contributed by atoms with E-state index in [1.165, 1.54) is 12.1 Å². The second-order valence-corrected chi connectivity index (χ2v) is 12.9. The van der Waals surface area contributed by atoms with Crippen LogP contribution in [0.25, 0.3) is 56.0 Å². The number of fused-ring (bicyclic) bond motifs is 2. The van der Waals surface area contributed by atoms with Crippen LogP contribution in [0.3, 0.4) is 0 Å². The molecule has 5 aromatic heterocycles. The van der Waals surface area contributed by atoms with Crippen LogP contribution < -0.4 is 5.32 Å². The molecule has 6 aromatic rings. The highest BCUT2D eigenvalue weighted by Crippen LogP contribution is 2.33. The van der Waals surface area contributed by atoms with Gasteiger partial charge in [0.15, 0.2) is 11.5 Å². The first-order chi connectivity index (χ1) is 20.5. The van der Waals surface area contributed by atoms with Gasteiger partial charge in [-0.1, -0.05) is 19.9 Å². The predicted octanol–water partition coefficient (Wildman–Crippen LogP) is 4.95. The maximum absolute atomic E-state index is 14.6. The molecular formula is C30H27FN8O3S. The first-order valence-corrected chi connectivity index (χ1v) is 15.5. The molecule has 1 amide bonds. The zero-order chi connectivity index (χ0) is 30.3. The molecule has 0 unspecified atom stereocenters. The number of carbonyl (C=O) groups excluding carboxylic acids is 1. The van der Waals surface area contributed by atoms with Gasteiger partial charge in [-0.15, -0.1) is 0 Å². The molecule has 3 N–H and O–H groups in total. The third-order valence-electron chi connectivity index (χ3n) is 6.92. The first kappa shape index (κ1) is 28.1. The predicted molar refractivity (Wildman–Crippen MR) is 162 cm³/mol. The molecule has 218 valence electrons. The minimum atomic E-state index is -3.20. The van der Waals surface area contributed by atoms with Crippen molar-refractivity contribution in [1.29, 1.82) is 0 Å². The fourth-order valence-corrected chi connectivity index (χ4v) is 5.31. The van der Waals surface area contributed by atoms with Crippen molar-refractivity contribution in [2.45, 2.75) is 20.3 Å². The molecule has 6 rings (SSSR count). The number of benzene rings is 1. The Hall–Kier alpha value is -5.04. The number of hydrogen-bond acceptors (Lipinski definition) is 8. The van der Waals surface area contributed by atoms with Gasteiger partial charge >= 0.3 is 0 Å². The molecule has 0 spiro atoms. The summed E-state index contributed by atoms with van der Waals surface area (Å²) in [7, 11) is -3.20. The van der Waals surface area contributed by atoms with Gasteiger partial charge in [0.2, 0.25) is 5.91 Å². The van der Waals surface area contributed by atoms with Crippen LogP contribution in [-0.4, -0.2) is 61.5 Å². The van der Waals surface area contributed by atoms with Gasteiger partial charge in [-0.2, -0.15) is 5.10 Å². The number of H-pyrrole nitrogens is 2. The zero-order valence-corrected chi connectivity index (χ0v) is 24.3. The van der Waals surface area contributed by atoms with Crippen molar-refractivity contribution in [3.8, 4) is 33.9 Å². The molecule has 0 atom stereocenters. The molecule has 0 saturated carbocycles. The summed E-state index contributed by atoms with van der Waals surface area (Å²) in [6.45, 7) is 3.63. The van der Waals surface area contributed by atoms with Crippen LogP contribution in [0.2, 0.25) is 0 Å². The van der Waals surface area contributed by atoms with Crippen LogP contribution in [-0.2, 0) is 21.1 Å². The third-order valence-corrected chi connectivity index (χ3v) is 7.87. The summed E-state index contributed by atoms with van der Waals surface area (Å²) in [6.07, 6.45) is 7.86. The van der Waals surface area contributed by atoms with E-state index in [9.17, 15) is 17.6 Å². The average molecular weight is 599 g/mol. The first-order valence-electron chi connectivity index (χ1n) is 13.5. The van der Waals surface area contributed by atoms with E-state index in [-0.39, 0.29) is 24.0 Å². The van der Waals surface area contributed by atoms with E-state index in [1.54, 1.807) is 36.9 Å². The van der Waals surface area contributed by atoms with Gasteiger partial charge in [0, 0.05) is 41.1 Å². The van der Waals surface area contributed by atoms with Crippen LogP contribution in [0, 0.1) is 11.7 Å². The fourth-order valence-electron chi connectivity index (χ4n) is 4.71. The van der Waals surface area contributed by atoms with Crippen molar-refractivity contribution in [3.63, 3.8) is 0 Å². The second-order valence-electron chi connectivity index (χ2n) is 10.7. The molecule has 0 aliphatic carbocycles. The number of aromatic amines is 2. The summed E-state index contributed by atoms with van der Waals surface area (Å²) in [4.78, 5) is 33.3. The molecule has 5 heterocycles. The van der Waals surface area contributed by atoms with Crippen LogP contribution in [0.1, 0.15) is 19.4 Å². The van der Waals surface area contributed by atoms with Gasteiger partial charge in [0.05, 0.1) is 40.6 Å². The average Bonchev–Trinajstić information content (AvgIpc) is 3.59. The molecule has 0 aliphatic rings. The Morgan fingerprint density at radius 3 is 2.67 bits per heavy atom. The maximum atomic E-state index is 14.6. The number of aryl methyl sites for hydroxylation is 1. The van der Waals surface area contributed by atoms with Crippen LogP contribution >= 0.6 is 0 Å². The molecule has 13 heteroatoms. The Morgan fingerprint density at radius 2 is 1.88 bits per heavy atom. The van der Waals surface area contributed by atoms with Crippen molar-refractivity contribution < 1.29 is 17.6 Å². The highest BCUT2D eigenvalue weighted by Gasteiger charge is 2.18. The lowest BCUT2D eigenvalue weighted by molar-refractivity contribution is -0.118. The SMILES string of the molecule is CC(C)C(=O)Nc1cncc(-c2cc3c(-c4nc5nccc(-c6cc(F)cc(CCS(C)(=O)=O)c6)c5[nH]4)n[nH]c3cn2)c1. The van der Waals surface area contributed by atoms with Crippen molar-refractivity contribution in [2.75, 3.05) is 17.3 Å². The van der Waals surface area contributed by atoms with Crippen molar-refractivity contribution in [3.05, 3.63) is 72.6 Å². The maximum Gasteiger partial charge on any atom is 0.226 e. The molecule has 0 saturated heterocycles. The molecule has 0 fully saturated rings. The Balaban J connectivity index is 1.38. The highest BCUT2D eigenvalue weighted by atomic mass is 32.2. The highest BCUT2D eigenvalue weighted by molar-refractivity contribution is 7.90. The van der Waals surface area contributed by atoms with Crippen LogP contribution in [0.15, 0.2) is 61.2 Å². The standard InChI is InChI=1S/C30H27FN8O3S/c1-16(2)30(40)35-21-11-19(13-32-14-21)24-12-23-25(15-34-24)38-39-27(23)29-36-26-22(4-6-33-28(26)37-29)18-8-17(9-20(31)10-18)5-7-43(3,41)42/h4,6,8-16H,5,7H2,1-3H3,(H,35,40)(H,38,39)(H,33,36,37). The molecule has 43 heavy (non-hydrogen) atoms. The Kier molecular flexibility index (Phi) is 7.18. The largest absolute Gasteiger partial charge is 0.335 e. The molecular weight excluding hydrogens is 571 g/mol. The fraction of sp³-hybridized carbons (Fsp3) is 0.200. The number of anilines is 1. The van der Waals surface area contributed by atoms with Gasteiger partial charge in [0.25, 0.3) is 0 Å². The van der Waals surface area contributed by atoms with Crippen molar-refractivity contribution in [2.24, 2.45) is 5.92 Å². The molecule has 0 bridgehead atoms. The molecule has 0 aliphatic heterocycles. The Bertz CT molecular complexity index is 2120. The van der Waals surface area contributed by atoms with E-state index in [4.69, 9.17) is 0 Å². The lowest BCUT2D eigenvalue weighted by Crippen LogP contribution is -2.17. The Labute approximate surface area is 246 Å².